The molecule has 0 atom stereocenters. The van der Waals surface area contributed by atoms with Crippen LogP contribution in [0.15, 0.2) is 34.1 Å². The van der Waals surface area contributed by atoms with Crippen LogP contribution < -0.4 is 5.32 Å². The number of aromatic nitrogens is 1. The lowest BCUT2D eigenvalue weighted by Crippen LogP contribution is -2.12. The van der Waals surface area contributed by atoms with Crippen LogP contribution in [-0.4, -0.2) is 23.5 Å². The van der Waals surface area contributed by atoms with E-state index in [4.69, 9.17) is 4.74 Å². The highest BCUT2D eigenvalue weighted by atomic mass is 79.9. The summed E-state index contributed by atoms with van der Waals surface area (Å²) in [5, 5.41) is 4.55. The number of anilines is 1. The van der Waals surface area contributed by atoms with Crippen molar-refractivity contribution in [2.75, 3.05) is 11.9 Å². The summed E-state index contributed by atoms with van der Waals surface area (Å²) in [7, 11) is 0. The Bertz CT molecular complexity index is 625. The molecule has 0 bridgehead atoms. The van der Waals surface area contributed by atoms with Gasteiger partial charge in [0.1, 0.15) is 0 Å². The molecule has 1 N–H and O–H groups in total. The molecule has 0 saturated carbocycles. The SMILES string of the molecule is CCOC(=O)c1csc(NC(=O)c2ccc(Br)cc2)n1. The fourth-order valence-corrected chi connectivity index (χ4v) is 2.34. The molecule has 0 saturated heterocycles. The van der Waals surface area contributed by atoms with E-state index >= 15 is 0 Å². The first-order chi connectivity index (χ1) is 9.60. The monoisotopic (exact) mass is 354 g/mol. The van der Waals surface area contributed by atoms with E-state index in [9.17, 15) is 9.59 Å². The number of hydrogen-bond acceptors (Lipinski definition) is 5. The van der Waals surface area contributed by atoms with E-state index in [1.165, 1.54) is 11.3 Å². The Kier molecular flexibility index (Phi) is 4.86. The zero-order valence-corrected chi connectivity index (χ0v) is 13.0. The van der Waals surface area contributed by atoms with Crippen molar-refractivity contribution < 1.29 is 14.3 Å². The van der Waals surface area contributed by atoms with Crippen LogP contribution in [0.25, 0.3) is 0 Å². The summed E-state index contributed by atoms with van der Waals surface area (Å²) in [4.78, 5) is 27.4. The Hall–Kier alpha value is -1.73. The fraction of sp³-hybridized carbons (Fsp3) is 0.154. The van der Waals surface area contributed by atoms with E-state index in [1.54, 1.807) is 36.6 Å². The number of hydrogen-bond donors (Lipinski definition) is 1. The van der Waals surface area contributed by atoms with Crippen LogP contribution >= 0.6 is 27.3 Å². The number of amides is 1. The number of halogens is 1. The fourth-order valence-electron chi connectivity index (χ4n) is 1.40. The largest absolute Gasteiger partial charge is 0.461 e. The van der Waals surface area contributed by atoms with Crippen LogP contribution in [-0.2, 0) is 4.74 Å². The van der Waals surface area contributed by atoms with Crippen molar-refractivity contribution in [1.82, 2.24) is 4.98 Å². The predicted octanol–water partition coefficient (Wildman–Crippen LogP) is 3.33. The molecule has 104 valence electrons. The first-order valence-electron chi connectivity index (χ1n) is 5.79. The quantitative estimate of drug-likeness (QED) is 0.855. The van der Waals surface area contributed by atoms with Crippen molar-refractivity contribution in [3.05, 3.63) is 45.4 Å². The molecule has 7 heteroatoms. The zero-order valence-electron chi connectivity index (χ0n) is 10.6. The van der Waals surface area contributed by atoms with E-state index < -0.39 is 5.97 Å². The number of nitrogens with zero attached hydrogens (tertiary/aromatic N) is 1. The smallest absolute Gasteiger partial charge is 0.357 e. The summed E-state index contributed by atoms with van der Waals surface area (Å²) in [6.45, 7) is 2.01. The van der Waals surface area contributed by atoms with Gasteiger partial charge in [0, 0.05) is 15.4 Å². The van der Waals surface area contributed by atoms with Gasteiger partial charge in [-0.2, -0.15) is 0 Å². The number of benzene rings is 1. The molecule has 1 aromatic heterocycles. The minimum absolute atomic E-state index is 0.197. The van der Waals surface area contributed by atoms with Gasteiger partial charge in [-0.05, 0) is 31.2 Å². The van der Waals surface area contributed by atoms with Crippen molar-refractivity contribution in [2.45, 2.75) is 6.92 Å². The van der Waals surface area contributed by atoms with Crippen molar-refractivity contribution in [2.24, 2.45) is 0 Å². The van der Waals surface area contributed by atoms with E-state index in [2.05, 4.69) is 26.2 Å². The lowest BCUT2D eigenvalue weighted by atomic mass is 10.2. The first-order valence-corrected chi connectivity index (χ1v) is 7.47. The van der Waals surface area contributed by atoms with Gasteiger partial charge in [0.05, 0.1) is 6.61 Å². The Labute approximate surface area is 128 Å². The van der Waals surface area contributed by atoms with E-state index in [1.807, 2.05) is 0 Å². The molecule has 0 spiro atoms. The van der Waals surface area contributed by atoms with E-state index in [-0.39, 0.29) is 18.2 Å². The van der Waals surface area contributed by atoms with Crippen LogP contribution in [0.2, 0.25) is 0 Å². The molecule has 0 aliphatic heterocycles. The van der Waals surface area contributed by atoms with Gasteiger partial charge < -0.3 is 4.74 Å². The summed E-state index contributed by atoms with van der Waals surface area (Å²) in [5.41, 5.74) is 0.712. The van der Waals surface area contributed by atoms with Gasteiger partial charge in [-0.25, -0.2) is 9.78 Å². The number of thiazole rings is 1. The molecule has 2 rings (SSSR count). The molecule has 0 radical (unpaired) electrons. The normalized spacial score (nSPS) is 10.1. The Morgan fingerprint density at radius 1 is 1.35 bits per heavy atom. The molecular weight excluding hydrogens is 344 g/mol. The van der Waals surface area contributed by atoms with Crippen molar-refractivity contribution in [3.63, 3.8) is 0 Å². The van der Waals surface area contributed by atoms with Gasteiger partial charge in [-0.15, -0.1) is 11.3 Å². The van der Waals surface area contributed by atoms with Crippen LogP contribution in [0.5, 0.6) is 0 Å². The molecule has 1 heterocycles. The lowest BCUT2D eigenvalue weighted by Gasteiger charge is -2.01. The average molecular weight is 355 g/mol. The van der Waals surface area contributed by atoms with Crippen LogP contribution in [0.3, 0.4) is 0 Å². The second kappa shape index (κ2) is 6.62. The van der Waals surface area contributed by atoms with Gasteiger partial charge in [-0.1, -0.05) is 15.9 Å². The Morgan fingerprint density at radius 3 is 2.70 bits per heavy atom. The Balaban J connectivity index is 2.05. The lowest BCUT2D eigenvalue weighted by molar-refractivity contribution is 0.0520. The molecule has 0 unspecified atom stereocenters. The second-order valence-electron chi connectivity index (χ2n) is 3.72. The highest BCUT2D eigenvalue weighted by Crippen LogP contribution is 2.18. The molecule has 0 aliphatic rings. The minimum atomic E-state index is -0.493. The van der Waals surface area contributed by atoms with Gasteiger partial charge in [-0.3, -0.25) is 10.1 Å². The number of carbonyl (C=O) groups excluding carboxylic acids is 2. The third kappa shape index (κ3) is 3.64. The van der Waals surface area contributed by atoms with Gasteiger partial charge in [0.25, 0.3) is 5.91 Å². The minimum Gasteiger partial charge on any atom is -0.461 e. The molecule has 5 nitrogen and oxygen atoms in total. The average Bonchev–Trinajstić information content (AvgIpc) is 2.88. The van der Waals surface area contributed by atoms with Gasteiger partial charge in [0.15, 0.2) is 10.8 Å². The summed E-state index contributed by atoms with van der Waals surface area (Å²) in [6, 6.07) is 6.94. The number of esters is 1. The highest BCUT2D eigenvalue weighted by molar-refractivity contribution is 9.10. The van der Waals surface area contributed by atoms with Crippen molar-refractivity contribution >= 4 is 44.3 Å². The standard InChI is InChI=1S/C13H11BrN2O3S/c1-2-19-12(18)10-7-20-13(15-10)16-11(17)8-3-5-9(14)6-4-8/h3-7H,2H2,1H3,(H,15,16,17). The number of ether oxygens (including phenoxy) is 1. The summed E-state index contributed by atoms with van der Waals surface area (Å²) in [5.74, 6) is -0.768. The third-order valence-corrected chi connectivity index (χ3v) is 3.60. The Morgan fingerprint density at radius 2 is 2.05 bits per heavy atom. The van der Waals surface area contributed by atoms with Crippen LogP contribution in [0.1, 0.15) is 27.8 Å². The predicted molar refractivity (Wildman–Crippen MR) is 80.2 cm³/mol. The molecule has 1 aromatic carbocycles. The number of carbonyl (C=O) groups is 2. The topological polar surface area (TPSA) is 68.3 Å². The molecule has 20 heavy (non-hydrogen) atoms. The van der Waals surface area contributed by atoms with Crippen molar-refractivity contribution in [1.29, 1.82) is 0 Å². The van der Waals surface area contributed by atoms with Gasteiger partial charge in [0.2, 0.25) is 0 Å². The molecule has 2 aromatic rings. The number of rotatable bonds is 4. The summed E-state index contributed by atoms with van der Waals surface area (Å²) in [6.07, 6.45) is 0. The first kappa shape index (κ1) is 14.7. The van der Waals surface area contributed by atoms with Crippen LogP contribution in [0.4, 0.5) is 5.13 Å². The maximum absolute atomic E-state index is 12.0. The molecular formula is C13H11BrN2O3S. The van der Waals surface area contributed by atoms with Gasteiger partial charge >= 0.3 is 5.97 Å². The molecule has 1 amide bonds. The zero-order chi connectivity index (χ0) is 14.5. The third-order valence-electron chi connectivity index (χ3n) is 2.32. The van der Waals surface area contributed by atoms with E-state index in [0.29, 0.717) is 10.7 Å². The molecule has 0 fully saturated rings. The summed E-state index contributed by atoms with van der Waals surface area (Å²) >= 11 is 4.48. The maximum Gasteiger partial charge on any atom is 0.357 e. The van der Waals surface area contributed by atoms with Crippen LogP contribution in [0, 0.1) is 0 Å². The number of nitrogens with one attached hydrogen (secondary N) is 1. The van der Waals surface area contributed by atoms with E-state index in [0.717, 1.165) is 4.47 Å². The molecule has 0 aliphatic carbocycles. The summed E-state index contributed by atoms with van der Waals surface area (Å²) < 4.78 is 5.73. The second-order valence-corrected chi connectivity index (χ2v) is 5.49. The maximum atomic E-state index is 12.0. The van der Waals surface area contributed by atoms with Crippen molar-refractivity contribution in [3.8, 4) is 0 Å². The highest BCUT2D eigenvalue weighted by Gasteiger charge is 2.13.